The lowest BCUT2D eigenvalue weighted by atomic mass is 10.2. The van der Waals surface area contributed by atoms with Gasteiger partial charge < -0.3 is 26.2 Å². The second-order valence-electron chi connectivity index (χ2n) is 7.71. The minimum Gasteiger partial charge on any atom is -0.480 e. The Labute approximate surface area is 180 Å². The Kier molecular flexibility index (Phi) is 12.0. The third-order valence-corrected chi connectivity index (χ3v) is 4.83. The SMILES string of the molecule is NC1CN(CC(=O)O)CCN(CC(=O)O)CCCN(CC(=O)O)CCN(CC(=O)O)C1. The lowest BCUT2D eigenvalue weighted by Crippen LogP contribution is -2.51. The molecular weight excluding hydrogens is 414 g/mol. The molecule has 13 nitrogen and oxygen atoms in total. The van der Waals surface area contributed by atoms with Gasteiger partial charge in [-0.25, -0.2) is 0 Å². The average molecular weight is 447 g/mol. The van der Waals surface area contributed by atoms with Crippen LogP contribution in [-0.4, -0.2) is 148 Å². The maximum absolute atomic E-state index is 11.2. The Hall–Kier alpha value is -2.32. The molecule has 1 rings (SSSR count). The molecule has 1 saturated heterocycles. The zero-order valence-corrected chi connectivity index (χ0v) is 17.6. The summed E-state index contributed by atoms with van der Waals surface area (Å²) in [6.45, 7) is 1.42. The number of rotatable bonds is 8. The van der Waals surface area contributed by atoms with Crippen molar-refractivity contribution >= 4 is 23.9 Å². The van der Waals surface area contributed by atoms with Crippen LogP contribution in [0.25, 0.3) is 0 Å². The van der Waals surface area contributed by atoms with Crippen molar-refractivity contribution in [2.75, 3.05) is 78.5 Å². The maximum Gasteiger partial charge on any atom is 0.317 e. The Morgan fingerprint density at radius 1 is 0.581 bits per heavy atom. The fraction of sp³-hybridized carbons (Fsp3) is 0.778. The van der Waals surface area contributed by atoms with Gasteiger partial charge in [-0.3, -0.25) is 38.8 Å². The lowest BCUT2D eigenvalue weighted by molar-refractivity contribution is -0.140. The molecule has 0 unspecified atom stereocenters. The predicted molar refractivity (Wildman–Crippen MR) is 109 cm³/mol. The van der Waals surface area contributed by atoms with Crippen LogP contribution in [-0.2, 0) is 19.2 Å². The molecule has 6 N–H and O–H groups in total. The highest BCUT2D eigenvalue weighted by atomic mass is 16.4. The van der Waals surface area contributed by atoms with Gasteiger partial charge in [0.05, 0.1) is 26.2 Å². The van der Waals surface area contributed by atoms with Crippen LogP contribution in [0, 0.1) is 0 Å². The molecule has 0 aromatic carbocycles. The number of carbonyl (C=O) groups is 4. The van der Waals surface area contributed by atoms with E-state index in [0.29, 0.717) is 32.6 Å². The molecule has 0 radical (unpaired) electrons. The van der Waals surface area contributed by atoms with Crippen LogP contribution in [0.4, 0.5) is 0 Å². The molecule has 1 heterocycles. The molecule has 0 amide bonds. The van der Waals surface area contributed by atoms with Gasteiger partial charge in [0.25, 0.3) is 0 Å². The smallest absolute Gasteiger partial charge is 0.317 e. The minimum atomic E-state index is -1.04. The summed E-state index contributed by atoms with van der Waals surface area (Å²) in [5, 5.41) is 36.7. The zero-order chi connectivity index (χ0) is 23.4. The molecule has 0 aliphatic carbocycles. The van der Waals surface area contributed by atoms with Crippen molar-refractivity contribution in [3.63, 3.8) is 0 Å². The Bertz CT molecular complexity index is 570. The van der Waals surface area contributed by atoms with E-state index in [2.05, 4.69) is 0 Å². The molecule has 0 spiro atoms. The van der Waals surface area contributed by atoms with E-state index in [0.717, 1.165) is 0 Å². The number of carboxylic acids is 4. The van der Waals surface area contributed by atoms with Crippen molar-refractivity contribution in [2.45, 2.75) is 12.5 Å². The minimum absolute atomic E-state index is 0.197. The van der Waals surface area contributed by atoms with Crippen LogP contribution in [0.5, 0.6) is 0 Å². The molecule has 1 aliphatic rings. The predicted octanol–water partition coefficient (Wildman–Crippen LogP) is -2.74. The number of carboxylic acid groups (broad SMARTS) is 4. The molecule has 0 atom stereocenters. The van der Waals surface area contributed by atoms with Gasteiger partial charge in [-0.15, -0.1) is 0 Å². The summed E-state index contributed by atoms with van der Waals surface area (Å²) >= 11 is 0. The molecule has 31 heavy (non-hydrogen) atoms. The van der Waals surface area contributed by atoms with E-state index in [9.17, 15) is 29.4 Å². The molecule has 0 aromatic rings. The summed E-state index contributed by atoms with van der Waals surface area (Å²) in [6.07, 6.45) is 0.512. The molecule has 13 heteroatoms. The van der Waals surface area contributed by atoms with E-state index in [4.69, 9.17) is 15.9 Å². The molecule has 0 aromatic heterocycles. The monoisotopic (exact) mass is 447 g/mol. The third-order valence-electron chi connectivity index (χ3n) is 4.83. The van der Waals surface area contributed by atoms with Gasteiger partial charge >= 0.3 is 23.9 Å². The standard InChI is InChI=1S/C18H33N5O8/c19-14-8-22(12-17(28)29)6-4-20(10-15(24)25)2-1-3-21(11-16(26)27)5-7-23(9-14)13-18(30)31/h14H,1-13,19H2,(H,24,25)(H,26,27)(H,28,29)(H,30,31). The number of nitrogens with two attached hydrogens (primary N) is 1. The first-order valence-electron chi connectivity index (χ1n) is 10.1. The van der Waals surface area contributed by atoms with Crippen molar-refractivity contribution < 1.29 is 39.6 Å². The first-order chi connectivity index (χ1) is 14.5. The molecular formula is C18H33N5O8. The largest absolute Gasteiger partial charge is 0.480 e. The van der Waals surface area contributed by atoms with Gasteiger partial charge in [-0.2, -0.15) is 0 Å². The summed E-state index contributed by atoms with van der Waals surface area (Å²) in [6, 6.07) is -0.539. The van der Waals surface area contributed by atoms with E-state index in [1.54, 1.807) is 19.6 Å². The topological polar surface area (TPSA) is 188 Å². The van der Waals surface area contributed by atoms with Crippen LogP contribution in [0.2, 0.25) is 0 Å². The summed E-state index contributed by atoms with van der Waals surface area (Å²) in [5.41, 5.74) is 6.16. The highest BCUT2D eigenvalue weighted by molar-refractivity contribution is 5.70. The Balaban J connectivity index is 2.98. The zero-order valence-electron chi connectivity index (χ0n) is 17.6. The molecule has 178 valence electrons. The second kappa shape index (κ2) is 13.9. The quantitative estimate of drug-likeness (QED) is 0.258. The fourth-order valence-corrected chi connectivity index (χ4v) is 3.58. The van der Waals surface area contributed by atoms with Crippen molar-refractivity contribution in [2.24, 2.45) is 5.73 Å². The number of hydrogen-bond acceptors (Lipinski definition) is 9. The van der Waals surface area contributed by atoms with Crippen molar-refractivity contribution in [1.29, 1.82) is 0 Å². The molecule has 0 bridgehead atoms. The highest BCUT2D eigenvalue weighted by Gasteiger charge is 2.21. The second-order valence-corrected chi connectivity index (χ2v) is 7.71. The summed E-state index contributed by atoms with van der Waals surface area (Å²) < 4.78 is 0. The van der Waals surface area contributed by atoms with Crippen LogP contribution in [0.15, 0.2) is 0 Å². The molecule has 0 saturated carbocycles. The average Bonchev–Trinajstić information content (AvgIpc) is 2.60. The van der Waals surface area contributed by atoms with E-state index >= 15 is 0 Å². The Morgan fingerprint density at radius 3 is 1.19 bits per heavy atom. The first-order valence-corrected chi connectivity index (χ1v) is 10.1. The molecule has 1 fully saturated rings. The number of nitrogens with zero attached hydrogens (tertiary/aromatic N) is 4. The number of aliphatic carboxylic acids is 4. The van der Waals surface area contributed by atoms with Crippen LogP contribution < -0.4 is 5.73 Å². The van der Waals surface area contributed by atoms with Crippen LogP contribution in [0.1, 0.15) is 6.42 Å². The molecule has 1 aliphatic heterocycles. The summed E-state index contributed by atoms with van der Waals surface area (Å²) in [5.74, 6) is -4.08. The van der Waals surface area contributed by atoms with Gasteiger partial charge in [-0.05, 0) is 6.42 Å². The van der Waals surface area contributed by atoms with Crippen molar-refractivity contribution in [3.05, 3.63) is 0 Å². The van der Waals surface area contributed by atoms with E-state index < -0.39 is 29.9 Å². The number of hydrogen-bond donors (Lipinski definition) is 5. The maximum atomic E-state index is 11.2. The van der Waals surface area contributed by atoms with Crippen LogP contribution in [0.3, 0.4) is 0 Å². The third kappa shape index (κ3) is 12.9. The van der Waals surface area contributed by atoms with Crippen molar-refractivity contribution in [1.82, 2.24) is 19.6 Å². The van der Waals surface area contributed by atoms with Gasteiger partial charge in [0.2, 0.25) is 0 Å². The van der Waals surface area contributed by atoms with Crippen LogP contribution >= 0.6 is 0 Å². The Morgan fingerprint density at radius 2 is 0.871 bits per heavy atom. The fourth-order valence-electron chi connectivity index (χ4n) is 3.58. The lowest BCUT2D eigenvalue weighted by Gasteiger charge is -2.32. The van der Waals surface area contributed by atoms with Gasteiger partial charge in [0, 0.05) is 58.4 Å². The first kappa shape index (κ1) is 26.7. The summed E-state index contributed by atoms with van der Waals surface area (Å²) in [4.78, 5) is 51.4. The van der Waals surface area contributed by atoms with E-state index in [1.807, 2.05) is 0 Å². The normalized spacial score (nSPS) is 20.2. The van der Waals surface area contributed by atoms with Gasteiger partial charge in [0.15, 0.2) is 0 Å². The van der Waals surface area contributed by atoms with Gasteiger partial charge in [-0.1, -0.05) is 0 Å². The van der Waals surface area contributed by atoms with E-state index in [-0.39, 0.29) is 52.4 Å². The van der Waals surface area contributed by atoms with E-state index in [1.165, 1.54) is 0 Å². The van der Waals surface area contributed by atoms with Gasteiger partial charge in [0.1, 0.15) is 0 Å². The highest BCUT2D eigenvalue weighted by Crippen LogP contribution is 2.03. The van der Waals surface area contributed by atoms with Crippen molar-refractivity contribution in [3.8, 4) is 0 Å². The summed E-state index contributed by atoms with van der Waals surface area (Å²) in [7, 11) is 0.